The summed E-state index contributed by atoms with van der Waals surface area (Å²) in [6.45, 7) is 7.14. The number of Topliss-reactive ketones (excluding diaryl/α,β-unsaturated/α-hetero) is 1. The van der Waals surface area contributed by atoms with Crippen molar-refractivity contribution in [1.29, 1.82) is 0 Å². The standard InChI is InChI=1S/C22H36O2/c1-4-10-22(24)13-9-19-17-6-5-15-14-16(23)7-11-20(15,2)18(17)8-12-21(19,22)3/h15,17-19,24H,4-14H2,1-3H3/t15-,17+,18+,19+,20-,21-,22-/m0/s1. The molecule has 0 spiro atoms. The van der Waals surface area contributed by atoms with Crippen LogP contribution in [0.25, 0.3) is 0 Å². The van der Waals surface area contributed by atoms with Gasteiger partial charge in [-0.2, -0.15) is 0 Å². The molecule has 0 heterocycles. The Morgan fingerprint density at radius 1 is 1.04 bits per heavy atom. The highest BCUT2D eigenvalue weighted by Crippen LogP contribution is 2.68. The van der Waals surface area contributed by atoms with Gasteiger partial charge in [0, 0.05) is 12.8 Å². The molecule has 0 radical (unpaired) electrons. The predicted octanol–water partition coefficient (Wildman–Crippen LogP) is 5.13. The minimum Gasteiger partial charge on any atom is -0.389 e. The molecule has 0 aromatic heterocycles. The van der Waals surface area contributed by atoms with E-state index in [2.05, 4.69) is 20.8 Å². The van der Waals surface area contributed by atoms with Crippen LogP contribution in [0.5, 0.6) is 0 Å². The van der Waals surface area contributed by atoms with Gasteiger partial charge in [0.1, 0.15) is 5.78 Å². The van der Waals surface area contributed by atoms with Crippen LogP contribution in [0.1, 0.15) is 91.4 Å². The average Bonchev–Trinajstić information content (AvgIpc) is 2.80. The highest BCUT2D eigenvalue weighted by Gasteiger charge is 2.64. The molecule has 1 N–H and O–H groups in total. The molecule has 4 saturated carbocycles. The van der Waals surface area contributed by atoms with Crippen LogP contribution < -0.4 is 0 Å². The predicted molar refractivity (Wildman–Crippen MR) is 96.6 cm³/mol. The Bertz CT molecular complexity index is 528. The first-order valence-electron chi connectivity index (χ1n) is 10.6. The lowest BCUT2D eigenvalue weighted by molar-refractivity contribution is -0.158. The van der Waals surface area contributed by atoms with E-state index >= 15 is 0 Å². The molecule has 0 aromatic rings. The number of carbonyl (C=O) groups is 1. The maximum Gasteiger partial charge on any atom is 0.133 e. The number of hydrogen-bond acceptors (Lipinski definition) is 2. The molecule has 2 heteroatoms. The molecule has 4 fully saturated rings. The van der Waals surface area contributed by atoms with Crippen molar-refractivity contribution in [3.63, 3.8) is 0 Å². The maximum absolute atomic E-state index is 12.0. The molecular weight excluding hydrogens is 296 g/mol. The van der Waals surface area contributed by atoms with Gasteiger partial charge in [-0.05, 0) is 85.9 Å². The van der Waals surface area contributed by atoms with Crippen LogP contribution in [0.15, 0.2) is 0 Å². The molecule has 0 unspecified atom stereocenters. The molecule has 2 nitrogen and oxygen atoms in total. The van der Waals surface area contributed by atoms with Crippen molar-refractivity contribution in [3.05, 3.63) is 0 Å². The molecule has 0 saturated heterocycles. The monoisotopic (exact) mass is 332 g/mol. The first-order valence-corrected chi connectivity index (χ1v) is 10.6. The molecule has 4 aliphatic carbocycles. The van der Waals surface area contributed by atoms with Gasteiger partial charge < -0.3 is 5.11 Å². The number of ketones is 1. The number of rotatable bonds is 2. The summed E-state index contributed by atoms with van der Waals surface area (Å²) in [7, 11) is 0. The lowest BCUT2D eigenvalue weighted by Gasteiger charge is -2.61. The van der Waals surface area contributed by atoms with E-state index < -0.39 is 5.60 Å². The molecule has 24 heavy (non-hydrogen) atoms. The SMILES string of the molecule is CCC[C@]1(O)CC[C@@H]2[C@@H]3CC[C@H]4CC(=O)CC[C@]4(C)[C@@H]3CC[C@@]21C. The van der Waals surface area contributed by atoms with E-state index in [1.165, 1.54) is 32.1 Å². The van der Waals surface area contributed by atoms with Crippen molar-refractivity contribution < 1.29 is 9.90 Å². The first-order chi connectivity index (χ1) is 11.3. The summed E-state index contributed by atoms with van der Waals surface area (Å²) in [5, 5.41) is 11.4. The summed E-state index contributed by atoms with van der Waals surface area (Å²) in [4.78, 5) is 12.0. The normalized spacial score (nSPS) is 54.1. The third-order valence-corrected chi connectivity index (χ3v) is 9.47. The van der Waals surface area contributed by atoms with Crippen LogP contribution in [-0.4, -0.2) is 16.5 Å². The number of fused-ring (bicyclic) bond motifs is 5. The van der Waals surface area contributed by atoms with Gasteiger partial charge in [0.25, 0.3) is 0 Å². The van der Waals surface area contributed by atoms with Crippen LogP contribution >= 0.6 is 0 Å². The molecule has 4 rings (SSSR count). The number of aliphatic hydroxyl groups is 1. The van der Waals surface area contributed by atoms with Gasteiger partial charge in [-0.15, -0.1) is 0 Å². The molecule has 0 amide bonds. The van der Waals surface area contributed by atoms with Gasteiger partial charge in [-0.3, -0.25) is 4.79 Å². The topological polar surface area (TPSA) is 37.3 Å². The van der Waals surface area contributed by atoms with Crippen molar-refractivity contribution in [1.82, 2.24) is 0 Å². The van der Waals surface area contributed by atoms with Gasteiger partial charge in [0.2, 0.25) is 0 Å². The largest absolute Gasteiger partial charge is 0.389 e. The van der Waals surface area contributed by atoms with Crippen LogP contribution in [0, 0.1) is 34.5 Å². The Morgan fingerprint density at radius 3 is 2.54 bits per heavy atom. The van der Waals surface area contributed by atoms with Gasteiger partial charge in [0.15, 0.2) is 0 Å². The molecule has 0 aliphatic heterocycles. The van der Waals surface area contributed by atoms with Crippen LogP contribution in [-0.2, 0) is 4.79 Å². The minimum atomic E-state index is -0.419. The lowest BCUT2D eigenvalue weighted by atomic mass is 9.44. The maximum atomic E-state index is 12.0. The van der Waals surface area contributed by atoms with Gasteiger partial charge >= 0.3 is 0 Å². The Morgan fingerprint density at radius 2 is 1.79 bits per heavy atom. The van der Waals surface area contributed by atoms with Gasteiger partial charge in [0.05, 0.1) is 5.60 Å². The highest BCUT2D eigenvalue weighted by atomic mass is 16.3. The zero-order valence-corrected chi connectivity index (χ0v) is 15.9. The van der Waals surface area contributed by atoms with Crippen LogP contribution in [0.4, 0.5) is 0 Å². The van der Waals surface area contributed by atoms with E-state index in [9.17, 15) is 9.90 Å². The van der Waals surface area contributed by atoms with Gasteiger partial charge in [-0.1, -0.05) is 27.2 Å². The summed E-state index contributed by atoms with van der Waals surface area (Å²) in [5.41, 5.74) is 0.110. The Hall–Kier alpha value is -0.370. The second kappa shape index (κ2) is 5.56. The fraction of sp³-hybridized carbons (Fsp3) is 0.955. The van der Waals surface area contributed by atoms with Crippen molar-refractivity contribution in [2.45, 2.75) is 97.0 Å². The Kier molecular flexibility index (Phi) is 3.95. The minimum absolute atomic E-state index is 0.137. The zero-order valence-electron chi connectivity index (χ0n) is 15.9. The molecule has 7 atom stereocenters. The van der Waals surface area contributed by atoms with E-state index in [-0.39, 0.29) is 5.41 Å². The molecule has 0 aromatic carbocycles. The smallest absolute Gasteiger partial charge is 0.133 e. The van der Waals surface area contributed by atoms with Crippen molar-refractivity contribution in [2.75, 3.05) is 0 Å². The van der Waals surface area contributed by atoms with Crippen LogP contribution in [0.2, 0.25) is 0 Å². The molecular formula is C22H36O2. The quantitative estimate of drug-likeness (QED) is 0.761. The number of hydrogen-bond donors (Lipinski definition) is 1. The Balaban J connectivity index is 1.62. The van der Waals surface area contributed by atoms with Crippen molar-refractivity contribution in [2.24, 2.45) is 34.5 Å². The van der Waals surface area contributed by atoms with E-state index in [4.69, 9.17) is 0 Å². The third kappa shape index (κ3) is 2.14. The van der Waals surface area contributed by atoms with Crippen LogP contribution in [0.3, 0.4) is 0 Å². The summed E-state index contributed by atoms with van der Waals surface area (Å²) >= 11 is 0. The number of carbonyl (C=O) groups excluding carboxylic acids is 1. The van der Waals surface area contributed by atoms with Gasteiger partial charge in [-0.25, -0.2) is 0 Å². The van der Waals surface area contributed by atoms with E-state index in [0.29, 0.717) is 23.0 Å². The van der Waals surface area contributed by atoms with Crippen molar-refractivity contribution >= 4 is 5.78 Å². The fourth-order valence-corrected chi connectivity index (χ4v) is 7.98. The third-order valence-electron chi connectivity index (χ3n) is 9.47. The second-order valence-corrected chi connectivity index (χ2v) is 10.2. The average molecular weight is 333 g/mol. The summed E-state index contributed by atoms with van der Waals surface area (Å²) in [6, 6.07) is 0. The fourth-order valence-electron chi connectivity index (χ4n) is 7.98. The van der Waals surface area contributed by atoms with E-state index in [0.717, 1.165) is 50.4 Å². The van der Waals surface area contributed by atoms with E-state index in [1.54, 1.807) is 0 Å². The second-order valence-electron chi connectivity index (χ2n) is 10.2. The molecule has 0 bridgehead atoms. The van der Waals surface area contributed by atoms with Crippen molar-refractivity contribution in [3.8, 4) is 0 Å². The molecule has 4 aliphatic rings. The highest BCUT2D eigenvalue weighted by molar-refractivity contribution is 5.79. The summed E-state index contributed by atoms with van der Waals surface area (Å²) in [5.74, 6) is 3.45. The zero-order chi connectivity index (χ0) is 17.2. The summed E-state index contributed by atoms with van der Waals surface area (Å²) < 4.78 is 0. The molecule has 136 valence electrons. The lowest BCUT2D eigenvalue weighted by Crippen LogP contribution is -2.56. The summed E-state index contributed by atoms with van der Waals surface area (Å²) in [6.07, 6.45) is 12.2. The van der Waals surface area contributed by atoms with E-state index in [1.807, 2.05) is 0 Å². The Labute approximate surface area is 147 Å². The first kappa shape index (κ1) is 17.1.